The highest BCUT2D eigenvalue weighted by molar-refractivity contribution is 7.93. The lowest BCUT2D eigenvalue weighted by atomic mass is 9.95. The second kappa shape index (κ2) is 8.03. The van der Waals surface area contributed by atoms with Crippen LogP contribution in [0.3, 0.4) is 0 Å². The van der Waals surface area contributed by atoms with Crippen LogP contribution < -0.4 is 9.44 Å². The molecule has 3 rings (SSSR count). The average Bonchev–Trinajstić information content (AvgIpc) is 3.17. The van der Waals surface area contributed by atoms with E-state index in [1.54, 1.807) is 13.8 Å². The maximum atomic E-state index is 13.2. The van der Waals surface area contributed by atoms with Gasteiger partial charge in [0.05, 0.1) is 15.5 Å². The average molecular weight is 450 g/mol. The highest BCUT2D eigenvalue weighted by Gasteiger charge is 2.25. The predicted octanol–water partition coefficient (Wildman–Crippen LogP) is 3.50. The van der Waals surface area contributed by atoms with Gasteiger partial charge in [0.2, 0.25) is 0 Å². The molecule has 0 unspecified atom stereocenters. The smallest absolute Gasteiger partial charge is 0.262 e. The number of hydrogen-bond acceptors (Lipinski definition) is 5. The van der Waals surface area contributed by atoms with E-state index in [1.165, 1.54) is 24.3 Å². The van der Waals surface area contributed by atoms with Gasteiger partial charge in [-0.25, -0.2) is 16.8 Å². The molecule has 0 aromatic heterocycles. The molecule has 0 amide bonds. The molecule has 30 heavy (non-hydrogen) atoms. The molecule has 2 aromatic rings. The van der Waals surface area contributed by atoms with E-state index in [9.17, 15) is 16.8 Å². The summed E-state index contributed by atoms with van der Waals surface area (Å²) in [4.78, 5) is 4.33. The Morgan fingerprint density at radius 3 is 1.97 bits per heavy atom. The second-order valence-corrected chi connectivity index (χ2v) is 10.9. The third-order valence-electron chi connectivity index (χ3n) is 5.72. The molecule has 0 aliphatic carbocycles. The Morgan fingerprint density at radius 2 is 1.40 bits per heavy atom. The van der Waals surface area contributed by atoms with Gasteiger partial charge in [0, 0.05) is 13.0 Å². The largest absolute Gasteiger partial charge is 0.280 e. The van der Waals surface area contributed by atoms with Crippen LogP contribution in [0.4, 0.5) is 5.69 Å². The van der Waals surface area contributed by atoms with Crippen LogP contribution in [0.25, 0.3) is 0 Å². The van der Waals surface area contributed by atoms with Crippen LogP contribution in [-0.2, 0) is 20.0 Å². The first kappa shape index (κ1) is 22.3. The highest BCUT2D eigenvalue weighted by Crippen LogP contribution is 2.31. The van der Waals surface area contributed by atoms with Crippen molar-refractivity contribution in [2.24, 2.45) is 4.99 Å². The van der Waals surface area contributed by atoms with Crippen molar-refractivity contribution in [1.29, 1.82) is 0 Å². The van der Waals surface area contributed by atoms with Crippen molar-refractivity contribution >= 4 is 31.6 Å². The Morgan fingerprint density at radius 1 is 0.800 bits per heavy atom. The van der Waals surface area contributed by atoms with Crippen molar-refractivity contribution in [1.82, 2.24) is 4.72 Å². The van der Waals surface area contributed by atoms with E-state index in [-0.39, 0.29) is 15.5 Å². The van der Waals surface area contributed by atoms with Gasteiger partial charge in [-0.3, -0.25) is 14.4 Å². The van der Waals surface area contributed by atoms with E-state index < -0.39 is 20.0 Å². The van der Waals surface area contributed by atoms with Crippen molar-refractivity contribution in [2.45, 2.75) is 57.3 Å². The highest BCUT2D eigenvalue weighted by atomic mass is 32.2. The summed E-state index contributed by atoms with van der Waals surface area (Å²) in [6.07, 6.45) is 1.39. The maximum absolute atomic E-state index is 13.2. The molecule has 0 bridgehead atoms. The monoisotopic (exact) mass is 449 g/mol. The normalized spacial score (nSPS) is 14.5. The Kier molecular flexibility index (Phi) is 5.97. The Bertz CT molecular complexity index is 1220. The molecule has 0 radical (unpaired) electrons. The first-order chi connectivity index (χ1) is 13.9. The molecule has 1 heterocycles. The number of amidine groups is 1. The van der Waals surface area contributed by atoms with Gasteiger partial charge in [0.1, 0.15) is 5.84 Å². The van der Waals surface area contributed by atoms with E-state index >= 15 is 0 Å². The summed E-state index contributed by atoms with van der Waals surface area (Å²) in [7, 11) is -7.75. The molecule has 162 valence electrons. The van der Waals surface area contributed by atoms with E-state index in [2.05, 4.69) is 14.4 Å². The minimum absolute atomic E-state index is 0.0259. The standard InChI is InChI=1S/C21H27N3O4S2/c1-13-14(2)16(4)21(17(5)15(13)3)30(27,28)23-18-8-6-9-19(12-18)29(25,26)24-20-10-7-11-22-20/h6,8-9,12,23H,7,10-11H2,1-5H3,(H,22,24). The summed E-state index contributed by atoms with van der Waals surface area (Å²) in [6, 6.07) is 5.77. The van der Waals surface area contributed by atoms with Gasteiger partial charge in [-0.1, -0.05) is 6.07 Å². The van der Waals surface area contributed by atoms with E-state index in [4.69, 9.17) is 0 Å². The lowest BCUT2D eigenvalue weighted by Gasteiger charge is -2.19. The van der Waals surface area contributed by atoms with Gasteiger partial charge in [0.25, 0.3) is 20.0 Å². The van der Waals surface area contributed by atoms with E-state index in [0.717, 1.165) is 23.1 Å². The Hall–Kier alpha value is -2.39. The number of hydrogen-bond donors (Lipinski definition) is 2. The molecule has 0 saturated carbocycles. The van der Waals surface area contributed by atoms with E-state index in [1.807, 2.05) is 20.8 Å². The fourth-order valence-electron chi connectivity index (χ4n) is 3.64. The van der Waals surface area contributed by atoms with Crippen LogP contribution >= 0.6 is 0 Å². The summed E-state index contributed by atoms with van der Waals surface area (Å²) in [6.45, 7) is 9.96. The summed E-state index contributed by atoms with van der Waals surface area (Å²) < 4.78 is 56.7. The molecule has 1 aliphatic rings. The van der Waals surface area contributed by atoms with Gasteiger partial charge in [0.15, 0.2) is 0 Å². The zero-order valence-corrected chi connectivity index (χ0v) is 19.5. The lowest BCUT2D eigenvalue weighted by Crippen LogP contribution is -2.29. The molecule has 9 heteroatoms. The Labute approximate surface area is 178 Å². The number of nitrogens with zero attached hydrogens (tertiary/aromatic N) is 1. The number of anilines is 1. The molecule has 7 nitrogen and oxygen atoms in total. The minimum atomic E-state index is -3.91. The van der Waals surface area contributed by atoms with E-state index in [0.29, 0.717) is 29.9 Å². The third kappa shape index (κ3) is 4.22. The van der Waals surface area contributed by atoms with Crippen molar-refractivity contribution < 1.29 is 16.8 Å². The quantitative estimate of drug-likeness (QED) is 0.729. The van der Waals surface area contributed by atoms with Crippen molar-refractivity contribution in [3.8, 4) is 0 Å². The molecular formula is C21H27N3O4S2. The zero-order valence-electron chi connectivity index (χ0n) is 17.8. The molecule has 0 atom stereocenters. The third-order valence-corrected chi connectivity index (χ3v) is 8.76. The Balaban J connectivity index is 1.97. The van der Waals surface area contributed by atoms with Crippen LogP contribution in [0.15, 0.2) is 39.0 Å². The van der Waals surface area contributed by atoms with Crippen LogP contribution in [-0.4, -0.2) is 29.2 Å². The molecule has 0 spiro atoms. The summed E-state index contributed by atoms with van der Waals surface area (Å²) >= 11 is 0. The molecule has 0 fully saturated rings. The number of benzene rings is 2. The molecule has 2 N–H and O–H groups in total. The topological polar surface area (TPSA) is 105 Å². The molecular weight excluding hydrogens is 422 g/mol. The zero-order chi connectivity index (χ0) is 22.3. The SMILES string of the molecule is Cc1c(C)c(C)c(S(=O)(=O)Nc2cccc(S(=O)(=O)NC3=NCCC3)c2)c(C)c1C. The maximum Gasteiger partial charge on any atom is 0.262 e. The number of nitrogens with one attached hydrogen (secondary N) is 2. The fraction of sp³-hybridized carbons (Fsp3) is 0.381. The van der Waals surface area contributed by atoms with Gasteiger partial charge < -0.3 is 0 Å². The van der Waals surface area contributed by atoms with Crippen molar-refractivity contribution in [3.05, 3.63) is 52.1 Å². The van der Waals surface area contributed by atoms with Gasteiger partial charge in [-0.15, -0.1) is 0 Å². The molecule has 1 aliphatic heterocycles. The molecule has 2 aromatic carbocycles. The van der Waals surface area contributed by atoms with Crippen LogP contribution in [0.5, 0.6) is 0 Å². The first-order valence-electron chi connectivity index (χ1n) is 9.70. The second-order valence-electron chi connectivity index (χ2n) is 7.62. The van der Waals surface area contributed by atoms with Crippen LogP contribution in [0.2, 0.25) is 0 Å². The summed E-state index contributed by atoms with van der Waals surface area (Å²) in [5, 5.41) is 0. The van der Waals surface area contributed by atoms with Crippen molar-refractivity contribution in [3.63, 3.8) is 0 Å². The summed E-state index contributed by atoms with van der Waals surface area (Å²) in [5.74, 6) is 0.429. The van der Waals surface area contributed by atoms with Gasteiger partial charge in [-0.05, 0) is 87.1 Å². The fourth-order valence-corrected chi connectivity index (χ4v) is 6.42. The van der Waals surface area contributed by atoms with Gasteiger partial charge in [-0.2, -0.15) is 0 Å². The molecule has 0 saturated heterocycles. The predicted molar refractivity (Wildman–Crippen MR) is 119 cm³/mol. The summed E-state index contributed by atoms with van der Waals surface area (Å²) in [5.41, 5.74) is 4.48. The van der Waals surface area contributed by atoms with Gasteiger partial charge >= 0.3 is 0 Å². The lowest BCUT2D eigenvalue weighted by molar-refractivity contribution is 0.591. The van der Waals surface area contributed by atoms with Crippen LogP contribution in [0.1, 0.15) is 40.7 Å². The van der Waals surface area contributed by atoms with Crippen molar-refractivity contribution in [2.75, 3.05) is 11.3 Å². The minimum Gasteiger partial charge on any atom is -0.280 e. The number of rotatable bonds is 5. The number of sulfonamides is 2. The number of aliphatic imine (C=N–C) groups is 1. The first-order valence-corrected chi connectivity index (χ1v) is 12.7. The van der Waals surface area contributed by atoms with Crippen LogP contribution in [0, 0.1) is 34.6 Å².